The lowest BCUT2D eigenvalue weighted by atomic mass is 10.0. The molecule has 2 rings (SSSR count). The predicted molar refractivity (Wildman–Crippen MR) is 150 cm³/mol. The molecule has 1 N–H and O–H groups in total. The number of fused-ring (bicyclic) bond motifs is 1. The van der Waals surface area contributed by atoms with Crippen LogP contribution in [0.15, 0.2) is 30.2 Å². The van der Waals surface area contributed by atoms with Crippen molar-refractivity contribution in [1.29, 1.82) is 0 Å². The lowest BCUT2D eigenvalue weighted by Crippen LogP contribution is -2.12. The zero-order chi connectivity index (χ0) is 23.6. The maximum absolute atomic E-state index is 5.67. The van der Waals surface area contributed by atoms with E-state index in [-0.39, 0.29) is 0 Å². The summed E-state index contributed by atoms with van der Waals surface area (Å²) >= 11 is 1.78. The SMILES string of the molecule is C=C(NCCCCCCCCCCCCCCCCCC)c1csc2ccc(OCC)cc12. The molecular formula is C30H49NOS. The fourth-order valence-electron chi connectivity index (χ4n) is 4.51. The molecule has 0 aliphatic rings. The van der Waals surface area contributed by atoms with Gasteiger partial charge in [-0.15, -0.1) is 11.3 Å². The van der Waals surface area contributed by atoms with Crippen molar-refractivity contribution >= 4 is 27.1 Å². The summed E-state index contributed by atoms with van der Waals surface area (Å²) in [6.45, 7) is 10.3. The van der Waals surface area contributed by atoms with Gasteiger partial charge in [0, 0.05) is 33.3 Å². The Hall–Kier alpha value is -1.48. The van der Waals surface area contributed by atoms with E-state index in [2.05, 4.69) is 42.4 Å². The first-order valence-corrected chi connectivity index (χ1v) is 14.7. The summed E-state index contributed by atoms with van der Waals surface area (Å²) in [5.41, 5.74) is 2.25. The summed E-state index contributed by atoms with van der Waals surface area (Å²) in [6, 6.07) is 6.35. The zero-order valence-electron chi connectivity index (χ0n) is 21.6. The molecule has 0 bridgehead atoms. The van der Waals surface area contributed by atoms with Gasteiger partial charge in [-0.3, -0.25) is 0 Å². The highest BCUT2D eigenvalue weighted by atomic mass is 32.1. The molecular weight excluding hydrogens is 422 g/mol. The molecule has 0 saturated heterocycles. The second-order valence-electron chi connectivity index (χ2n) is 9.45. The molecule has 0 amide bonds. The van der Waals surface area contributed by atoms with Crippen LogP contribution in [0.2, 0.25) is 0 Å². The van der Waals surface area contributed by atoms with Crippen LogP contribution in [0, 0.1) is 0 Å². The first kappa shape index (κ1) is 27.8. The molecule has 0 aliphatic heterocycles. The fourth-order valence-corrected chi connectivity index (χ4v) is 5.46. The average molecular weight is 472 g/mol. The van der Waals surface area contributed by atoms with Crippen LogP contribution in [0.4, 0.5) is 0 Å². The number of ether oxygens (including phenoxy) is 1. The van der Waals surface area contributed by atoms with Gasteiger partial charge in [0.1, 0.15) is 5.75 Å². The van der Waals surface area contributed by atoms with Gasteiger partial charge in [0.05, 0.1) is 6.61 Å². The Morgan fingerprint density at radius 1 is 0.788 bits per heavy atom. The van der Waals surface area contributed by atoms with Crippen molar-refractivity contribution in [2.75, 3.05) is 13.2 Å². The monoisotopic (exact) mass is 471 g/mol. The van der Waals surface area contributed by atoms with Gasteiger partial charge in [0.25, 0.3) is 0 Å². The molecule has 2 nitrogen and oxygen atoms in total. The summed E-state index contributed by atoms with van der Waals surface area (Å²) in [6.07, 6.45) is 22.6. The van der Waals surface area contributed by atoms with E-state index < -0.39 is 0 Å². The third-order valence-corrected chi connectivity index (χ3v) is 7.51. The molecule has 0 fully saturated rings. The summed E-state index contributed by atoms with van der Waals surface area (Å²) < 4.78 is 6.96. The van der Waals surface area contributed by atoms with Crippen molar-refractivity contribution in [2.45, 2.75) is 117 Å². The van der Waals surface area contributed by atoms with Gasteiger partial charge in [0.2, 0.25) is 0 Å². The molecule has 186 valence electrons. The maximum atomic E-state index is 5.67. The summed E-state index contributed by atoms with van der Waals surface area (Å²) in [7, 11) is 0. The van der Waals surface area contributed by atoms with Crippen LogP contribution < -0.4 is 10.1 Å². The first-order chi connectivity index (χ1) is 16.3. The van der Waals surface area contributed by atoms with Gasteiger partial charge >= 0.3 is 0 Å². The summed E-state index contributed by atoms with van der Waals surface area (Å²) in [5, 5.41) is 7.01. The van der Waals surface area contributed by atoms with Gasteiger partial charge in [-0.1, -0.05) is 110 Å². The molecule has 1 aromatic heterocycles. The van der Waals surface area contributed by atoms with E-state index in [1.165, 1.54) is 118 Å². The standard InChI is InChI=1S/C30H49NOS/c1-4-6-7-8-9-10-11-12-13-14-15-16-17-18-19-20-23-31-26(3)29-25-33-30-22-21-27(32-5-2)24-28(29)30/h21-22,24-25,31H,3-20,23H2,1-2H3. The Labute approximate surface area is 208 Å². The molecule has 1 aromatic carbocycles. The second-order valence-corrected chi connectivity index (χ2v) is 10.4. The third kappa shape index (κ3) is 11.5. The number of thiophene rings is 1. The van der Waals surface area contributed by atoms with Crippen molar-refractivity contribution < 1.29 is 4.74 Å². The highest BCUT2D eigenvalue weighted by Crippen LogP contribution is 2.32. The number of rotatable bonds is 21. The van der Waals surface area contributed by atoms with Gasteiger partial charge in [0.15, 0.2) is 0 Å². The molecule has 0 radical (unpaired) electrons. The minimum Gasteiger partial charge on any atom is -0.494 e. The highest BCUT2D eigenvalue weighted by molar-refractivity contribution is 7.17. The maximum Gasteiger partial charge on any atom is 0.119 e. The fraction of sp³-hybridized carbons (Fsp3) is 0.667. The molecule has 2 aromatic rings. The Kier molecular flexibility index (Phi) is 15.1. The molecule has 33 heavy (non-hydrogen) atoms. The smallest absolute Gasteiger partial charge is 0.119 e. The first-order valence-electron chi connectivity index (χ1n) is 13.8. The van der Waals surface area contributed by atoms with Crippen molar-refractivity contribution in [2.24, 2.45) is 0 Å². The number of hydrogen-bond donors (Lipinski definition) is 1. The van der Waals surface area contributed by atoms with Crippen LogP contribution in [0.3, 0.4) is 0 Å². The van der Waals surface area contributed by atoms with E-state index in [1.54, 1.807) is 11.3 Å². The number of benzene rings is 1. The largest absolute Gasteiger partial charge is 0.494 e. The van der Waals surface area contributed by atoms with Crippen LogP contribution in [-0.2, 0) is 0 Å². The van der Waals surface area contributed by atoms with Crippen molar-refractivity contribution in [3.8, 4) is 5.75 Å². The third-order valence-electron chi connectivity index (χ3n) is 6.55. The number of nitrogens with one attached hydrogen (secondary N) is 1. The van der Waals surface area contributed by atoms with E-state index in [0.29, 0.717) is 6.61 Å². The van der Waals surface area contributed by atoms with Crippen LogP contribution in [0.5, 0.6) is 5.75 Å². The minimum atomic E-state index is 0.698. The van der Waals surface area contributed by atoms with E-state index in [0.717, 1.165) is 18.0 Å². The van der Waals surface area contributed by atoms with Crippen molar-refractivity contribution in [3.63, 3.8) is 0 Å². The van der Waals surface area contributed by atoms with Crippen LogP contribution in [0.1, 0.15) is 122 Å². The van der Waals surface area contributed by atoms with Crippen LogP contribution in [-0.4, -0.2) is 13.2 Å². The lowest BCUT2D eigenvalue weighted by molar-refractivity contribution is 0.341. The quantitative estimate of drug-likeness (QED) is 0.183. The van der Waals surface area contributed by atoms with Gasteiger partial charge in [-0.05, 0) is 31.5 Å². The molecule has 0 atom stereocenters. The van der Waals surface area contributed by atoms with E-state index in [1.807, 2.05) is 6.92 Å². The van der Waals surface area contributed by atoms with Gasteiger partial charge in [-0.25, -0.2) is 0 Å². The lowest BCUT2D eigenvalue weighted by Gasteiger charge is -2.10. The van der Waals surface area contributed by atoms with Crippen molar-refractivity contribution in [1.82, 2.24) is 5.32 Å². The number of unbranched alkanes of at least 4 members (excludes halogenated alkanes) is 15. The van der Waals surface area contributed by atoms with E-state index in [4.69, 9.17) is 4.74 Å². The molecule has 0 unspecified atom stereocenters. The summed E-state index contributed by atoms with van der Waals surface area (Å²) in [4.78, 5) is 0. The number of hydrogen-bond acceptors (Lipinski definition) is 3. The van der Waals surface area contributed by atoms with E-state index >= 15 is 0 Å². The minimum absolute atomic E-state index is 0.698. The molecule has 1 heterocycles. The predicted octanol–water partition coefficient (Wildman–Crippen LogP) is 10.1. The molecule has 0 spiro atoms. The Bertz CT molecular complexity index is 766. The normalized spacial score (nSPS) is 11.2. The van der Waals surface area contributed by atoms with Gasteiger partial charge in [-0.2, -0.15) is 0 Å². The van der Waals surface area contributed by atoms with E-state index in [9.17, 15) is 0 Å². The summed E-state index contributed by atoms with van der Waals surface area (Å²) in [5.74, 6) is 0.940. The second kappa shape index (κ2) is 17.9. The molecule has 0 saturated carbocycles. The Morgan fingerprint density at radius 3 is 1.88 bits per heavy atom. The molecule has 3 heteroatoms. The van der Waals surface area contributed by atoms with Gasteiger partial charge < -0.3 is 10.1 Å². The van der Waals surface area contributed by atoms with Crippen LogP contribution in [0.25, 0.3) is 15.8 Å². The highest BCUT2D eigenvalue weighted by Gasteiger charge is 2.08. The van der Waals surface area contributed by atoms with Crippen LogP contribution >= 0.6 is 11.3 Å². The molecule has 0 aliphatic carbocycles. The Morgan fingerprint density at radius 2 is 1.33 bits per heavy atom. The zero-order valence-corrected chi connectivity index (χ0v) is 22.4. The Balaban J connectivity index is 1.43. The van der Waals surface area contributed by atoms with Crippen molar-refractivity contribution in [3.05, 3.63) is 35.7 Å². The topological polar surface area (TPSA) is 21.3 Å². The average Bonchev–Trinajstić information content (AvgIpc) is 3.24.